The van der Waals surface area contributed by atoms with Gasteiger partial charge in [0, 0.05) is 25.0 Å². The number of benzene rings is 1. The topological polar surface area (TPSA) is 15.3 Å². The second-order valence-corrected chi connectivity index (χ2v) is 7.68. The Balaban J connectivity index is 1.50. The third kappa shape index (κ3) is 2.96. The van der Waals surface area contributed by atoms with E-state index in [0.717, 1.165) is 23.8 Å². The van der Waals surface area contributed by atoms with E-state index in [2.05, 4.69) is 40.5 Å². The first kappa shape index (κ1) is 14.7. The molecular formula is C20H30N2. The van der Waals surface area contributed by atoms with E-state index in [-0.39, 0.29) is 0 Å². The third-order valence-corrected chi connectivity index (χ3v) is 6.38. The van der Waals surface area contributed by atoms with Crippen LogP contribution in [0.15, 0.2) is 30.3 Å². The molecule has 1 aromatic carbocycles. The average molecular weight is 298 g/mol. The van der Waals surface area contributed by atoms with Crippen LogP contribution in [0, 0.1) is 11.8 Å². The number of rotatable bonds is 3. The molecule has 3 atom stereocenters. The molecule has 2 nitrogen and oxygen atoms in total. The van der Waals surface area contributed by atoms with Crippen LogP contribution in [0.1, 0.15) is 50.0 Å². The molecule has 3 unspecified atom stereocenters. The molecule has 4 rings (SSSR count). The molecule has 0 aromatic heterocycles. The van der Waals surface area contributed by atoms with E-state index >= 15 is 0 Å². The Morgan fingerprint density at radius 1 is 0.955 bits per heavy atom. The van der Waals surface area contributed by atoms with Crippen molar-refractivity contribution in [2.45, 2.75) is 50.5 Å². The lowest BCUT2D eigenvalue weighted by atomic mass is 9.77. The van der Waals surface area contributed by atoms with Crippen LogP contribution in [0.2, 0.25) is 0 Å². The highest BCUT2D eigenvalue weighted by Crippen LogP contribution is 2.45. The smallest absolute Gasteiger partial charge is 0.0130 e. The molecule has 1 aliphatic carbocycles. The number of hydrogen-bond acceptors (Lipinski definition) is 2. The quantitative estimate of drug-likeness (QED) is 0.916. The Labute approximate surface area is 135 Å². The Hall–Kier alpha value is -0.860. The highest BCUT2D eigenvalue weighted by atomic mass is 15.2. The van der Waals surface area contributed by atoms with Crippen LogP contribution in [-0.2, 0) is 0 Å². The molecule has 0 radical (unpaired) electrons. The number of likely N-dealkylation sites (tertiary alicyclic amines) is 1. The van der Waals surface area contributed by atoms with E-state index in [1.54, 1.807) is 5.56 Å². The summed E-state index contributed by atoms with van der Waals surface area (Å²) in [4.78, 5) is 2.89. The largest absolute Gasteiger partial charge is 0.317 e. The summed E-state index contributed by atoms with van der Waals surface area (Å²) in [6, 6.07) is 12.2. The highest BCUT2D eigenvalue weighted by molar-refractivity contribution is 5.23. The predicted molar refractivity (Wildman–Crippen MR) is 92.1 cm³/mol. The van der Waals surface area contributed by atoms with Gasteiger partial charge in [-0.25, -0.2) is 0 Å². The van der Waals surface area contributed by atoms with Gasteiger partial charge in [0.25, 0.3) is 0 Å². The molecule has 2 heterocycles. The summed E-state index contributed by atoms with van der Waals surface area (Å²) in [6.07, 6.45) is 8.55. The van der Waals surface area contributed by atoms with Crippen LogP contribution in [0.3, 0.4) is 0 Å². The van der Waals surface area contributed by atoms with E-state index in [0.29, 0.717) is 0 Å². The Kier molecular flexibility index (Phi) is 4.49. The molecular weight excluding hydrogens is 268 g/mol. The summed E-state index contributed by atoms with van der Waals surface area (Å²) in [5.41, 5.74) is 1.59. The molecule has 2 heteroatoms. The molecule has 3 aliphatic rings. The van der Waals surface area contributed by atoms with Crippen molar-refractivity contribution in [3.8, 4) is 0 Å². The van der Waals surface area contributed by atoms with Crippen molar-refractivity contribution in [3.63, 3.8) is 0 Å². The minimum atomic E-state index is 0.785. The lowest BCUT2D eigenvalue weighted by Crippen LogP contribution is -2.40. The average Bonchev–Trinajstić information content (AvgIpc) is 2.96. The van der Waals surface area contributed by atoms with Crippen LogP contribution < -0.4 is 5.32 Å². The van der Waals surface area contributed by atoms with Gasteiger partial charge in [0.2, 0.25) is 0 Å². The van der Waals surface area contributed by atoms with Crippen molar-refractivity contribution in [2.75, 3.05) is 26.2 Å². The summed E-state index contributed by atoms with van der Waals surface area (Å²) in [5.74, 6) is 2.63. The molecule has 0 bridgehead atoms. The van der Waals surface area contributed by atoms with E-state index in [1.165, 1.54) is 64.7 Å². The molecule has 2 aliphatic heterocycles. The number of nitrogens with one attached hydrogen (secondary N) is 1. The maximum absolute atomic E-state index is 3.51. The van der Waals surface area contributed by atoms with E-state index in [4.69, 9.17) is 0 Å². The monoisotopic (exact) mass is 298 g/mol. The highest BCUT2D eigenvalue weighted by Gasteiger charge is 2.43. The molecule has 22 heavy (non-hydrogen) atoms. The van der Waals surface area contributed by atoms with Crippen molar-refractivity contribution in [1.29, 1.82) is 0 Å². The van der Waals surface area contributed by atoms with Crippen LogP contribution >= 0.6 is 0 Å². The Morgan fingerprint density at radius 2 is 1.73 bits per heavy atom. The molecule has 0 spiro atoms. The zero-order valence-corrected chi connectivity index (χ0v) is 13.7. The van der Waals surface area contributed by atoms with Crippen LogP contribution in [0.5, 0.6) is 0 Å². The zero-order chi connectivity index (χ0) is 14.8. The van der Waals surface area contributed by atoms with Gasteiger partial charge in [0.15, 0.2) is 0 Å². The van der Waals surface area contributed by atoms with Gasteiger partial charge in [0.05, 0.1) is 0 Å². The summed E-state index contributed by atoms with van der Waals surface area (Å²) >= 11 is 0. The van der Waals surface area contributed by atoms with Crippen molar-refractivity contribution in [2.24, 2.45) is 11.8 Å². The number of piperidine rings is 1. The van der Waals surface area contributed by atoms with E-state index in [1.807, 2.05) is 0 Å². The van der Waals surface area contributed by atoms with Gasteiger partial charge in [-0.2, -0.15) is 0 Å². The van der Waals surface area contributed by atoms with E-state index < -0.39 is 0 Å². The van der Waals surface area contributed by atoms with E-state index in [9.17, 15) is 0 Å². The van der Waals surface area contributed by atoms with Crippen LogP contribution in [0.4, 0.5) is 0 Å². The van der Waals surface area contributed by atoms with Crippen molar-refractivity contribution < 1.29 is 0 Å². The summed E-state index contributed by atoms with van der Waals surface area (Å²) in [7, 11) is 0. The fraction of sp³-hybridized carbons (Fsp3) is 0.700. The lowest BCUT2D eigenvalue weighted by molar-refractivity contribution is 0.148. The first-order valence-corrected chi connectivity index (χ1v) is 9.41. The van der Waals surface area contributed by atoms with Crippen LogP contribution in [-0.4, -0.2) is 37.1 Å². The fourth-order valence-corrected chi connectivity index (χ4v) is 5.24. The molecule has 2 saturated heterocycles. The van der Waals surface area contributed by atoms with Crippen molar-refractivity contribution in [3.05, 3.63) is 35.9 Å². The Morgan fingerprint density at radius 3 is 2.55 bits per heavy atom. The lowest BCUT2D eigenvalue weighted by Gasteiger charge is -2.35. The molecule has 1 N–H and O–H groups in total. The standard InChI is InChI=1S/C20H30N2/c1-2-6-17(7-3-1)19-15-22(14-16-10-12-21-13-11-16)20-9-5-4-8-18(19)20/h1-3,6-7,16,18-21H,4-5,8-15H2. The van der Waals surface area contributed by atoms with Gasteiger partial charge >= 0.3 is 0 Å². The number of hydrogen-bond donors (Lipinski definition) is 1. The van der Waals surface area contributed by atoms with Gasteiger partial charge in [0.1, 0.15) is 0 Å². The maximum Gasteiger partial charge on any atom is 0.0130 e. The molecule has 3 fully saturated rings. The minimum absolute atomic E-state index is 0.785. The van der Waals surface area contributed by atoms with Gasteiger partial charge in [-0.1, -0.05) is 43.2 Å². The normalized spacial score (nSPS) is 33.7. The second kappa shape index (κ2) is 6.72. The first-order chi connectivity index (χ1) is 10.9. The van der Waals surface area contributed by atoms with Crippen molar-refractivity contribution in [1.82, 2.24) is 10.2 Å². The fourth-order valence-electron chi connectivity index (χ4n) is 5.24. The van der Waals surface area contributed by atoms with Gasteiger partial charge < -0.3 is 5.32 Å². The number of fused-ring (bicyclic) bond motifs is 1. The van der Waals surface area contributed by atoms with Gasteiger partial charge in [-0.3, -0.25) is 4.90 Å². The van der Waals surface area contributed by atoms with Gasteiger partial charge in [-0.15, -0.1) is 0 Å². The SMILES string of the molecule is c1ccc(C2CN(CC3CCNCC3)C3CCCCC23)cc1. The first-order valence-electron chi connectivity index (χ1n) is 9.41. The van der Waals surface area contributed by atoms with Crippen LogP contribution in [0.25, 0.3) is 0 Å². The Bertz CT molecular complexity index is 466. The molecule has 0 amide bonds. The van der Waals surface area contributed by atoms with Crippen molar-refractivity contribution >= 4 is 0 Å². The summed E-state index contributed by atoms with van der Waals surface area (Å²) in [5, 5.41) is 3.51. The zero-order valence-electron chi connectivity index (χ0n) is 13.7. The molecule has 1 aromatic rings. The number of nitrogens with zero attached hydrogens (tertiary/aromatic N) is 1. The molecule has 120 valence electrons. The second-order valence-electron chi connectivity index (χ2n) is 7.68. The van der Waals surface area contributed by atoms with Gasteiger partial charge in [-0.05, 0) is 56.2 Å². The molecule has 1 saturated carbocycles. The summed E-state index contributed by atoms with van der Waals surface area (Å²) in [6.45, 7) is 5.12. The summed E-state index contributed by atoms with van der Waals surface area (Å²) < 4.78 is 0. The minimum Gasteiger partial charge on any atom is -0.317 e. The third-order valence-electron chi connectivity index (χ3n) is 6.38. The maximum atomic E-state index is 3.51. The predicted octanol–water partition coefficient (Wildman–Crippen LogP) is 3.64.